The lowest BCUT2D eigenvalue weighted by Gasteiger charge is -2.18. The molecule has 0 radical (unpaired) electrons. The van der Waals surface area contributed by atoms with Crippen molar-refractivity contribution in [3.8, 4) is 0 Å². The molecule has 2 amide bonds. The molecule has 3 aromatic rings. The quantitative estimate of drug-likeness (QED) is 0.711. The molecule has 26 heavy (non-hydrogen) atoms. The Bertz CT molecular complexity index is 1070. The molecule has 1 aliphatic heterocycles. The molecular formula is C20H16N2O4. The number of imide groups is 1. The summed E-state index contributed by atoms with van der Waals surface area (Å²) in [7, 11) is 0. The Balaban J connectivity index is 1.77. The summed E-state index contributed by atoms with van der Waals surface area (Å²) < 4.78 is 0. The molecular weight excluding hydrogens is 332 g/mol. The van der Waals surface area contributed by atoms with E-state index in [2.05, 4.69) is 4.98 Å². The zero-order valence-electron chi connectivity index (χ0n) is 14.0. The summed E-state index contributed by atoms with van der Waals surface area (Å²) in [4.78, 5) is 41.1. The second-order valence-corrected chi connectivity index (χ2v) is 6.42. The van der Waals surface area contributed by atoms with Crippen molar-refractivity contribution in [1.82, 2.24) is 4.98 Å². The lowest BCUT2D eigenvalue weighted by Crippen LogP contribution is -2.30. The molecule has 6 heteroatoms. The Morgan fingerprint density at radius 2 is 1.96 bits per heavy atom. The number of aromatic carboxylic acids is 1. The van der Waals surface area contributed by atoms with Crippen LogP contribution in [0.5, 0.6) is 0 Å². The van der Waals surface area contributed by atoms with Crippen molar-refractivity contribution < 1.29 is 19.5 Å². The first-order valence-corrected chi connectivity index (χ1v) is 8.24. The number of carboxylic acids is 1. The van der Waals surface area contributed by atoms with E-state index in [4.69, 9.17) is 0 Å². The second kappa shape index (κ2) is 5.84. The monoisotopic (exact) mass is 348 g/mol. The maximum Gasteiger partial charge on any atom is 0.335 e. The number of fused-ring (bicyclic) bond motifs is 1. The molecule has 130 valence electrons. The molecule has 1 atom stereocenters. The minimum atomic E-state index is -1.10. The van der Waals surface area contributed by atoms with E-state index in [1.165, 1.54) is 12.1 Å². The third-order valence-electron chi connectivity index (χ3n) is 4.84. The van der Waals surface area contributed by atoms with Crippen molar-refractivity contribution in [3.05, 3.63) is 65.4 Å². The van der Waals surface area contributed by atoms with Gasteiger partial charge in [-0.25, -0.2) is 9.69 Å². The summed E-state index contributed by atoms with van der Waals surface area (Å²) in [5, 5.41) is 10.1. The number of carbonyl (C=O) groups is 3. The van der Waals surface area contributed by atoms with Crippen molar-refractivity contribution >= 4 is 34.4 Å². The van der Waals surface area contributed by atoms with Crippen LogP contribution in [0.2, 0.25) is 0 Å². The molecule has 2 aromatic carbocycles. The minimum Gasteiger partial charge on any atom is -0.478 e. The van der Waals surface area contributed by atoms with Gasteiger partial charge in [0, 0.05) is 23.5 Å². The molecule has 1 fully saturated rings. The maximum absolute atomic E-state index is 13.0. The van der Waals surface area contributed by atoms with E-state index in [0.29, 0.717) is 11.3 Å². The smallest absolute Gasteiger partial charge is 0.335 e. The molecule has 0 bridgehead atoms. The lowest BCUT2D eigenvalue weighted by atomic mass is 9.97. The highest BCUT2D eigenvalue weighted by Crippen LogP contribution is 2.37. The minimum absolute atomic E-state index is 0.0433. The number of amides is 2. The number of carboxylic acid groups (broad SMARTS) is 1. The highest BCUT2D eigenvalue weighted by molar-refractivity contribution is 6.23. The van der Waals surface area contributed by atoms with Gasteiger partial charge < -0.3 is 10.1 Å². The Morgan fingerprint density at radius 3 is 2.73 bits per heavy atom. The first kappa shape index (κ1) is 16.1. The van der Waals surface area contributed by atoms with Gasteiger partial charge in [0.2, 0.25) is 11.8 Å². The number of aromatic amines is 1. The molecule has 1 saturated heterocycles. The van der Waals surface area contributed by atoms with Crippen molar-refractivity contribution in [2.24, 2.45) is 0 Å². The Hall–Kier alpha value is -3.41. The van der Waals surface area contributed by atoms with Crippen molar-refractivity contribution in [1.29, 1.82) is 0 Å². The summed E-state index contributed by atoms with van der Waals surface area (Å²) in [6, 6.07) is 12.1. The number of H-pyrrole nitrogens is 1. The SMILES string of the molecule is Cc1ccc(C(=O)O)cc1N1C(=O)CC(c2c[nH]c3ccccc23)C1=O. The highest BCUT2D eigenvalue weighted by atomic mass is 16.4. The average Bonchev–Trinajstić information content (AvgIpc) is 3.16. The van der Waals surface area contributed by atoms with Gasteiger partial charge in [0.05, 0.1) is 17.2 Å². The number of hydrogen-bond acceptors (Lipinski definition) is 3. The predicted molar refractivity (Wildman–Crippen MR) is 96.3 cm³/mol. The number of para-hydroxylation sites is 1. The number of nitrogens with zero attached hydrogens (tertiary/aromatic N) is 1. The van der Waals surface area contributed by atoms with E-state index in [0.717, 1.165) is 21.4 Å². The fourth-order valence-corrected chi connectivity index (χ4v) is 3.49. The first-order chi connectivity index (χ1) is 12.5. The van der Waals surface area contributed by atoms with E-state index in [1.807, 2.05) is 24.3 Å². The molecule has 0 aliphatic carbocycles. The summed E-state index contributed by atoms with van der Waals surface area (Å²) in [6.07, 6.45) is 1.84. The summed E-state index contributed by atoms with van der Waals surface area (Å²) in [6.45, 7) is 1.75. The topological polar surface area (TPSA) is 90.5 Å². The third kappa shape index (κ3) is 2.38. The van der Waals surface area contributed by atoms with Gasteiger partial charge in [0.1, 0.15) is 0 Å². The standard InChI is InChI=1S/C20H16N2O4/c1-11-6-7-12(20(25)26)8-17(11)22-18(23)9-14(19(22)24)15-10-21-16-5-3-2-4-13(15)16/h2-8,10,14,21H,9H2,1H3,(H,25,26). The Morgan fingerprint density at radius 1 is 1.19 bits per heavy atom. The second-order valence-electron chi connectivity index (χ2n) is 6.42. The zero-order chi connectivity index (χ0) is 18.4. The summed E-state index contributed by atoms with van der Waals surface area (Å²) in [5.74, 6) is -2.33. The Kier molecular flexibility index (Phi) is 3.61. The van der Waals surface area contributed by atoms with Crippen molar-refractivity contribution in [2.75, 3.05) is 4.90 Å². The number of nitrogens with one attached hydrogen (secondary N) is 1. The van der Waals surface area contributed by atoms with Crippen LogP contribution in [0.25, 0.3) is 10.9 Å². The Labute approximate surface area is 149 Å². The number of hydrogen-bond donors (Lipinski definition) is 2. The van der Waals surface area contributed by atoms with E-state index in [-0.39, 0.29) is 23.8 Å². The van der Waals surface area contributed by atoms with Gasteiger partial charge >= 0.3 is 5.97 Å². The van der Waals surface area contributed by atoms with Crippen molar-refractivity contribution in [2.45, 2.75) is 19.3 Å². The van der Waals surface area contributed by atoms with Gasteiger partial charge in [-0.05, 0) is 36.2 Å². The van der Waals surface area contributed by atoms with Crippen LogP contribution >= 0.6 is 0 Å². The number of aromatic nitrogens is 1. The van der Waals surface area contributed by atoms with Crippen LogP contribution in [0.3, 0.4) is 0 Å². The van der Waals surface area contributed by atoms with Gasteiger partial charge in [-0.15, -0.1) is 0 Å². The number of aryl methyl sites for hydroxylation is 1. The first-order valence-electron chi connectivity index (χ1n) is 8.24. The summed E-state index contributed by atoms with van der Waals surface area (Å²) in [5.41, 5.74) is 2.75. The fraction of sp³-hybridized carbons (Fsp3) is 0.150. The molecule has 1 aromatic heterocycles. The van der Waals surface area contributed by atoms with Gasteiger partial charge in [-0.3, -0.25) is 9.59 Å². The van der Waals surface area contributed by atoms with Crippen LogP contribution < -0.4 is 4.90 Å². The van der Waals surface area contributed by atoms with Crippen molar-refractivity contribution in [3.63, 3.8) is 0 Å². The molecule has 1 aliphatic rings. The molecule has 1 unspecified atom stereocenters. The lowest BCUT2D eigenvalue weighted by molar-refractivity contribution is -0.121. The van der Waals surface area contributed by atoms with Gasteiger partial charge in [-0.1, -0.05) is 24.3 Å². The highest BCUT2D eigenvalue weighted by Gasteiger charge is 2.42. The van der Waals surface area contributed by atoms with E-state index in [9.17, 15) is 19.5 Å². The molecule has 4 rings (SSSR count). The van der Waals surface area contributed by atoms with Crippen LogP contribution in [0.4, 0.5) is 5.69 Å². The largest absolute Gasteiger partial charge is 0.478 e. The molecule has 2 N–H and O–H groups in total. The van der Waals surface area contributed by atoms with Gasteiger partial charge in [0.15, 0.2) is 0 Å². The number of rotatable bonds is 3. The van der Waals surface area contributed by atoms with E-state index < -0.39 is 11.9 Å². The summed E-state index contributed by atoms with van der Waals surface area (Å²) >= 11 is 0. The molecule has 0 spiro atoms. The zero-order valence-corrected chi connectivity index (χ0v) is 14.0. The van der Waals surface area contributed by atoms with Crippen LogP contribution in [0.15, 0.2) is 48.7 Å². The molecule has 6 nitrogen and oxygen atoms in total. The molecule has 2 heterocycles. The average molecular weight is 348 g/mol. The number of carbonyl (C=O) groups excluding carboxylic acids is 2. The maximum atomic E-state index is 13.0. The number of anilines is 1. The third-order valence-corrected chi connectivity index (χ3v) is 4.84. The van der Waals surface area contributed by atoms with Crippen LogP contribution in [0.1, 0.15) is 33.8 Å². The number of benzene rings is 2. The van der Waals surface area contributed by atoms with Crippen LogP contribution in [-0.2, 0) is 9.59 Å². The van der Waals surface area contributed by atoms with Crippen LogP contribution in [-0.4, -0.2) is 27.9 Å². The normalized spacial score (nSPS) is 17.3. The molecule has 0 saturated carbocycles. The van der Waals surface area contributed by atoms with Gasteiger partial charge in [-0.2, -0.15) is 0 Å². The van der Waals surface area contributed by atoms with E-state index >= 15 is 0 Å². The van der Waals surface area contributed by atoms with Gasteiger partial charge in [0.25, 0.3) is 0 Å². The van der Waals surface area contributed by atoms with E-state index in [1.54, 1.807) is 19.2 Å². The fourth-order valence-electron chi connectivity index (χ4n) is 3.49. The van der Waals surface area contributed by atoms with Crippen LogP contribution in [0, 0.1) is 6.92 Å². The predicted octanol–water partition coefficient (Wildman–Crippen LogP) is 3.22.